The molecule has 0 radical (unpaired) electrons. The molecule has 1 aliphatic rings. The molecule has 1 atom stereocenters. The maximum atomic E-state index is 13.8. The van der Waals surface area contributed by atoms with E-state index in [0.717, 1.165) is 0 Å². The minimum Gasteiger partial charge on any atom is -0.454 e. The summed E-state index contributed by atoms with van der Waals surface area (Å²) in [6, 6.07) is 12.3. The predicted molar refractivity (Wildman–Crippen MR) is 141 cm³/mol. The van der Waals surface area contributed by atoms with Crippen LogP contribution in [-0.4, -0.2) is 35.2 Å². The highest BCUT2D eigenvalue weighted by molar-refractivity contribution is 6.31. The van der Waals surface area contributed by atoms with Gasteiger partial charge in [-0.15, -0.1) is 0 Å². The van der Waals surface area contributed by atoms with E-state index in [9.17, 15) is 14.4 Å². The molecule has 200 valence electrons. The van der Waals surface area contributed by atoms with E-state index >= 15 is 0 Å². The summed E-state index contributed by atoms with van der Waals surface area (Å²) in [6.45, 7) is 7.28. The van der Waals surface area contributed by atoms with Gasteiger partial charge in [-0.25, -0.2) is 0 Å². The Morgan fingerprint density at radius 1 is 1.05 bits per heavy atom. The van der Waals surface area contributed by atoms with Crippen LogP contribution in [0.5, 0.6) is 11.5 Å². The summed E-state index contributed by atoms with van der Waals surface area (Å²) < 4.78 is 15.9. The Bertz CT molecular complexity index is 1350. The van der Waals surface area contributed by atoms with Crippen LogP contribution in [0, 0.1) is 6.92 Å². The van der Waals surface area contributed by atoms with Gasteiger partial charge in [-0.2, -0.15) is 0 Å². The van der Waals surface area contributed by atoms with Gasteiger partial charge < -0.3 is 24.6 Å². The van der Waals surface area contributed by atoms with Crippen molar-refractivity contribution in [3.63, 3.8) is 0 Å². The van der Waals surface area contributed by atoms with Gasteiger partial charge in [0.2, 0.25) is 24.5 Å². The summed E-state index contributed by atoms with van der Waals surface area (Å²) in [5.41, 5.74) is 0.237. The second-order valence-electron chi connectivity index (χ2n) is 9.84. The fraction of sp³-hybridized carbons (Fsp3) is 0.333. The lowest BCUT2D eigenvalue weighted by molar-refractivity contribution is -0.128. The molecule has 3 aromatic rings. The quantitative estimate of drug-likeness (QED) is 0.421. The molecule has 0 saturated carbocycles. The third-order valence-corrected chi connectivity index (χ3v) is 5.91. The largest absolute Gasteiger partial charge is 0.454 e. The van der Waals surface area contributed by atoms with E-state index in [1.165, 1.54) is 4.90 Å². The molecule has 0 aliphatic carbocycles. The second kappa shape index (κ2) is 11.1. The van der Waals surface area contributed by atoms with Gasteiger partial charge in [-0.05, 0) is 45.9 Å². The Balaban J connectivity index is 1.69. The Morgan fingerprint density at radius 2 is 1.79 bits per heavy atom. The van der Waals surface area contributed by atoms with Crippen LogP contribution in [-0.2, 0) is 14.4 Å². The maximum absolute atomic E-state index is 13.8. The Morgan fingerprint density at radius 3 is 2.47 bits per heavy atom. The molecule has 4 rings (SSSR count). The standard InChI is InChI=1S/C27H29ClN4O6/c1-16-13-22(31-38-16)29-23(33)11-12-24(34)32(17-9-10-20-21(14-17)37-15-36-20)25(26(35)30-27(2,3)4)18-7-5-6-8-19(18)28/h5-10,13-14,25H,11-12,15H2,1-4H3,(H,30,35)(H,29,31,33). The van der Waals surface area contributed by atoms with E-state index in [2.05, 4.69) is 15.8 Å². The first-order valence-electron chi connectivity index (χ1n) is 12.0. The van der Waals surface area contributed by atoms with Gasteiger partial charge in [0.05, 0.1) is 0 Å². The van der Waals surface area contributed by atoms with Crippen molar-refractivity contribution in [3.05, 3.63) is 64.9 Å². The SMILES string of the molecule is Cc1cc(NC(=O)CCC(=O)N(c2ccc3c(c2)OCO3)C(C(=O)NC(C)(C)C)c2ccccc2Cl)no1. The number of benzene rings is 2. The highest BCUT2D eigenvalue weighted by atomic mass is 35.5. The fourth-order valence-corrected chi connectivity index (χ4v) is 4.22. The van der Waals surface area contributed by atoms with Gasteiger partial charge in [0.1, 0.15) is 11.8 Å². The van der Waals surface area contributed by atoms with Gasteiger partial charge in [0, 0.05) is 46.8 Å². The zero-order valence-electron chi connectivity index (χ0n) is 21.5. The number of carbonyl (C=O) groups excluding carboxylic acids is 3. The topological polar surface area (TPSA) is 123 Å². The number of anilines is 2. The van der Waals surface area contributed by atoms with E-state index < -0.39 is 29.3 Å². The number of amides is 3. The Kier molecular flexibility index (Phi) is 7.91. The molecular formula is C27H29ClN4O6. The minimum absolute atomic E-state index is 0.0485. The molecule has 38 heavy (non-hydrogen) atoms. The van der Waals surface area contributed by atoms with Crippen molar-refractivity contribution < 1.29 is 28.4 Å². The second-order valence-corrected chi connectivity index (χ2v) is 10.2. The predicted octanol–water partition coefficient (Wildman–Crippen LogP) is 4.77. The van der Waals surface area contributed by atoms with Crippen LogP contribution in [0.4, 0.5) is 11.5 Å². The zero-order valence-corrected chi connectivity index (χ0v) is 22.3. The number of ether oxygens (including phenoxy) is 2. The molecule has 2 aromatic carbocycles. The number of hydrogen-bond acceptors (Lipinski definition) is 7. The molecule has 1 aliphatic heterocycles. The lowest BCUT2D eigenvalue weighted by Crippen LogP contribution is -2.49. The molecule has 2 heterocycles. The molecule has 1 unspecified atom stereocenters. The van der Waals surface area contributed by atoms with Crippen LogP contribution >= 0.6 is 11.6 Å². The summed E-state index contributed by atoms with van der Waals surface area (Å²) in [4.78, 5) is 41.4. The highest BCUT2D eigenvalue weighted by Crippen LogP contribution is 2.39. The summed E-state index contributed by atoms with van der Waals surface area (Å²) in [5.74, 6) is 0.434. The molecule has 0 saturated heterocycles. The maximum Gasteiger partial charge on any atom is 0.248 e. The first-order valence-corrected chi connectivity index (χ1v) is 12.4. The van der Waals surface area contributed by atoms with E-state index in [1.807, 2.05) is 20.8 Å². The monoisotopic (exact) mass is 540 g/mol. The van der Waals surface area contributed by atoms with Crippen molar-refractivity contribution in [1.82, 2.24) is 10.5 Å². The molecular weight excluding hydrogens is 512 g/mol. The number of aromatic nitrogens is 1. The van der Waals surface area contributed by atoms with Crippen molar-refractivity contribution in [2.45, 2.75) is 52.1 Å². The van der Waals surface area contributed by atoms with Crippen LogP contribution in [0.25, 0.3) is 0 Å². The van der Waals surface area contributed by atoms with Crippen molar-refractivity contribution in [2.24, 2.45) is 0 Å². The number of fused-ring (bicyclic) bond motifs is 1. The summed E-state index contributed by atoms with van der Waals surface area (Å²) in [6.07, 6.45) is -0.344. The molecule has 2 N–H and O–H groups in total. The number of nitrogens with one attached hydrogen (secondary N) is 2. The summed E-state index contributed by atoms with van der Waals surface area (Å²) in [5, 5.41) is 9.62. The van der Waals surface area contributed by atoms with Gasteiger partial charge in [0.15, 0.2) is 17.3 Å². The van der Waals surface area contributed by atoms with Crippen molar-refractivity contribution >= 4 is 40.8 Å². The minimum atomic E-state index is -1.13. The smallest absolute Gasteiger partial charge is 0.248 e. The lowest BCUT2D eigenvalue weighted by atomic mass is 10.00. The average Bonchev–Trinajstić information content (AvgIpc) is 3.48. The molecule has 0 spiro atoms. The van der Waals surface area contributed by atoms with E-state index in [4.69, 9.17) is 25.6 Å². The zero-order chi connectivity index (χ0) is 27.4. The van der Waals surface area contributed by atoms with Crippen molar-refractivity contribution in [3.8, 4) is 11.5 Å². The van der Waals surface area contributed by atoms with Gasteiger partial charge >= 0.3 is 0 Å². The molecule has 11 heteroatoms. The average molecular weight is 541 g/mol. The van der Waals surface area contributed by atoms with Crippen molar-refractivity contribution in [1.29, 1.82) is 0 Å². The van der Waals surface area contributed by atoms with Crippen molar-refractivity contribution in [2.75, 3.05) is 17.0 Å². The van der Waals surface area contributed by atoms with E-state index in [1.54, 1.807) is 55.5 Å². The van der Waals surface area contributed by atoms with Crippen LogP contribution < -0.4 is 25.0 Å². The number of hydrogen-bond donors (Lipinski definition) is 2. The number of rotatable bonds is 8. The molecule has 3 amide bonds. The Hall–Kier alpha value is -4.05. The van der Waals surface area contributed by atoms with Gasteiger partial charge in [-0.1, -0.05) is 35.0 Å². The fourth-order valence-electron chi connectivity index (χ4n) is 3.98. The van der Waals surface area contributed by atoms with Crippen LogP contribution in [0.15, 0.2) is 53.1 Å². The number of halogens is 1. The third kappa shape index (κ3) is 6.44. The molecule has 10 nitrogen and oxygen atoms in total. The van der Waals surface area contributed by atoms with Crippen LogP contribution in [0.1, 0.15) is 51.0 Å². The highest BCUT2D eigenvalue weighted by Gasteiger charge is 2.36. The summed E-state index contributed by atoms with van der Waals surface area (Å²) >= 11 is 6.54. The number of carbonyl (C=O) groups is 3. The molecule has 0 bridgehead atoms. The lowest BCUT2D eigenvalue weighted by Gasteiger charge is -2.34. The normalized spacial score (nSPS) is 13.1. The van der Waals surface area contributed by atoms with E-state index in [0.29, 0.717) is 33.5 Å². The Labute approximate surface area is 225 Å². The molecule has 1 aromatic heterocycles. The van der Waals surface area contributed by atoms with E-state index in [-0.39, 0.29) is 25.5 Å². The number of aryl methyl sites for hydroxylation is 1. The van der Waals surface area contributed by atoms with Gasteiger partial charge in [0.25, 0.3) is 0 Å². The third-order valence-electron chi connectivity index (χ3n) is 5.57. The van der Waals surface area contributed by atoms with Crippen LogP contribution in [0.2, 0.25) is 5.02 Å². The summed E-state index contributed by atoms with van der Waals surface area (Å²) in [7, 11) is 0. The number of nitrogens with zero attached hydrogens (tertiary/aromatic N) is 2. The molecule has 0 fully saturated rings. The van der Waals surface area contributed by atoms with Gasteiger partial charge in [-0.3, -0.25) is 19.3 Å². The first kappa shape index (κ1) is 27.0. The van der Waals surface area contributed by atoms with Crippen LogP contribution in [0.3, 0.4) is 0 Å². The first-order chi connectivity index (χ1) is 18.0.